The maximum absolute atomic E-state index is 14.3. The molecule has 0 aliphatic carbocycles. The monoisotopic (exact) mass is 584 g/mol. The van der Waals surface area contributed by atoms with Crippen molar-refractivity contribution >= 4 is 34.1 Å². The number of halogens is 2. The number of nitrogens with zero attached hydrogens (tertiary/aromatic N) is 4. The molecule has 0 bridgehead atoms. The van der Waals surface area contributed by atoms with Gasteiger partial charge in [0, 0.05) is 53.3 Å². The molecule has 1 N–H and O–H groups in total. The van der Waals surface area contributed by atoms with Crippen LogP contribution in [-0.2, 0) is 4.79 Å². The molecule has 0 spiro atoms. The van der Waals surface area contributed by atoms with Gasteiger partial charge in [0.05, 0.1) is 16.9 Å². The Labute approximate surface area is 248 Å². The zero-order valence-corrected chi connectivity index (χ0v) is 24.3. The molecule has 1 aliphatic heterocycles. The molecule has 3 aromatic carbocycles. The molecule has 0 unspecified atom stereocenters. The summed E-state index contributed by atoms with van der Waals surface area (Å²) in [5, 5.41) is 21.8. The van der Waals surface area contributed by atoms with Gasteiger partial charge in [0.25, 0.3) is 5.56 Å². The summed E-state index contributed by atoms with van der Waals surface area (Å²) >= 11 is 6.84. The van der Waals surface area contributed by atoms with Gasteiger partial charge in [-0.15, -0.1) is 0 Å². The predicted molar refractivity (Wildman–Crippen MR) is 164 cm³/mol. The standard InChI is InChI=1S/C33H30ClFN4O3/c1-5-31(41)37-12-13-38(20(4)18-37)32-25-15-27(34)24(23-11-10-21(35)14-30(23)40)16-29(25)39(33(42)26(32)17-36)28-9-7-6-8-22(28)19(2)3/h5-11,14-16,19-20,40H,1,12-13,18H2,2-4H3/t20-/m0/s1. The third-order valence-corrected chi connectivity index (χ3v) is 8.11. The SMILES string of the molecule is C=CC(=O)N1CCN(c2c(C#N)c(=O)n(-c3ccccc3C(C)C)c3cc(-c4ccc(F)cc4O)c(Cl)cc23)[C@@H](C)C1. The number of aromatic nitrogens is 1. The minimum Gasteiger partial charge on any atom is -0.507 e. The van der Waals surface area contributed by atoms with Crippen LogP contribution >= 0.6 is 11.6 Å². The van der Waals surface area contributed by atoms with Crippen LogP contribution in [0, 0.1) is 17.1 Å². The van der Waals surface area contributed by atoms with Gasteiger partial charge in [-0.25, -0.2) is 4.39 Å². The zero-order valence-electron chi connectivity index (χ0n) is 23.6. The van der Waals surface area contributed by atoms with Gasteiger partial charge in [-0.3, -0.25) is 14.2 Å². The summed E-state index contributed by atoms with van der Waals surface area (Å²) in [5.41, 5.74) is 2.61. The second kappa shape index (κ2) is 11.3. The van der Waals surface area contributed by atoms with Gasteiger partial charge >= 0.3 is 0 Å². The van der Waals surface area contributed by atoms with Crippen LogP contribution in [0.1, 0.15) is 37.8 Å². The van der Waals surface area contributed by atoms with Crippen molar-refractivity contribution in [1.82, 2.24) is 9.47 Å². The number of pyridine rings is 1. The van der Waals surface area contributed by atoms with Gasteiger partial charge in [0.1, 0.15) is 23.2 Å². The lowest BCUT2D eigenvalue weighted by Crippen LogP contribution is -2.54. The van der Waals surface area contributed by atoms with Crippen LogP contribution in [0.2, 0.25) is 5.02 Å². The number of anilines is 1. The molecule has 1 aromatic heterocycles. The van der Waals surface area contributed by atoms with E-state index in [1.54, 1.807) is 17.0 Å². The van der Waals surface area contributed by atoms with E-state index in [0.717, 1.165) is 11.6 Å². The van der Waals surface area contributed by atoms with E-state index in [1.165, 1.54) is 22.8 Å². The van der Waals surface area contributed by atoms with E-state index >= 15 is 0 Å². The number of piperazine rings is 1. The van der Waals surface area contributed by atoms with Crippen LogP contribution < -0.4 is 10.5 Å². The summed E-state index contributed by atoms with van der Waals surface area (Å²) < 4.78 is 15.4. The molecule has 1 atom stereocenters. The molecule has 5 rings (SSSR count). The number of phenolic OH excluding ortho intramolecular Hbond substituents is 1. The highest BCUT2D eigenvalue weighted by atomic mass is 35.5. The molecule has 4 aromatic rings. The summed E-state index contributed by atoms with van der Waals surface area (Å²) in [5.74, 6) is -1.01. The number of para-hydroxylation sites is 1. The Bertz CT molecular complexity index is 1840. The summed E-state index contributed by atoms with van der Waals surface area (Å²) in [7, 11) is 0. The van der Waals surface area contributed by atoms with E-state index in [9.17, 15) is 24.3 Å². The first-order valence-corrected chi connectivity index (χ1v) is 14.0. The molecule has 0 radical (unpaired) electrons. The fourth-order valence-electron chi connectivity index (χ4n) is 5.77. The molecular weight excluding hydrogens is 555 g/mol. The Kier molecular flexibility index (Phi) is 7.81. The van der Waals surface area contributed by atoms with E-state index in [4.69, 9.17) is 11.6 Å². The van der Waals surface area contributed by atoms with Gasteiger partial charge in [-0.2, -0.15) is 5.26 Å². The first kappa shape index (κ1) is 28.9. The number of hydrogen-bond donors (Lipinski definition) is 1. The minimum absolute atomic E-state index is 0.0372. The summed E-state index contributed by atoms with van der Waals surface area (Å²) in [6.07, 6.45) is 1.28. The van der Waals surface area contributed by atoms with E-state index in [1.807, 2.05) is 49.9 Å². The van der Waals surface area contributed by atoms with Crippen molar-refractivity contribution in [3.8, 4) is 28.6 Å². The number of nitriles is 1. The Morgan fingerprint density at radius 1 is 1.17 bits per heavy atom. The smallest absolute Gasteiger partial charge is 0.275 e. The van der Waals surface area contributed by atoms with Crippen LogP contribution in [0.4, 0.5) is 10.1 Å². The number of carbonyl (C=O) groups excluding carboxylic acids is 1. The highest BCUT2D eigenvalue weighted by Crippen LogP contribution is 2.41. The lowest BCUT2D eigenvalue weighted by atomic mass is 9.97. The Hall–Kier alpha value is -4.61. The van der Waals surface area contributed by atoms with Crippen LogP contribution in [0.5, 0.6) is 5.75 Å². The highest BCUT2D eigenvalue weighted by molar-refractivity contribution is 6.34. The Morgan fingerprint density at radius 2 is 1.90 bits per heavy atom. The van der Waals surface area contributed by atoms with Gasteiger partial charge in [-0.05, 0) is 54.8 Å². The van der Waals surface area contributed by atoms with Crippen molar-refractivity contribution in [3.63, 3.8) is 0 Å². The maximum atomic E-state index is 14.3. The van der Waals surface area contributed by atoms with E-state index in [2.05, 4.69) is 12.6 Å². The highest BCUT2D eigenvalue weighted by Gasteiger charge is 2.31. The Morgan fingerprint density at radius 3 is 2.55 bits per heavy atom. The van der Waals surface area contributed by atoms with Gasteiger partial charge in [0.2, 0.25) is 5.91 Å². The zero-order chi connectivity index (χ0) is 30.3. The van der Waals surface area contributed by atoms with Crippen LogP contribution in [0.3, 0.4) is 0 Å². The first-order valence-electron chi connectivity index (χ1n) is 13.7. The predicted octanol–water partition coefficient (Wildman–Crippen LogP) is 6.37. The minimum atomic E-state index is -0.597. The number of amides is 1. The molecule has 1 amide bonds. The fraction of sp³-hybridized carbons (Fsp3) is 0.242. The second-order valence-corrected chi connectivity index (χ2v) is 11.1. The largest absolute Gasteiger partial charge is 0.507 e. The van der Waals surface area contributed by atoms with Crippen molar-refractivity contribution in [2.24, 2.45) is 0 Å². The molecule has 7 nitrogen and oxygen atoms in total. The molecule has 42 heavy (non-hydrogen) atoms. The summed E-state index contributed by atoms with van der Waals surface area (Å²) in [4.78, 5) is 30.3. The summed E-state index contributed by atoms with van der Waals surface area (Å²) in [6, 6.07) is 16.5. The normalized spacial score (nSPS) is 15.2. The van der Waals surface area contributed by atoms with Crippen LogP contribution in [-0.4, -0.2) is 46.2 Å². The number of fused-ring (bicyclic) bond motifs is 1. The number of benzene rings is 3. The van der Waals surface area contributed by atoms with Crippen molar-refractivity contribution in [3.05, 3.63) is 99.6 Å². The number of carbonyl (C=O) groups is 1. The number of aromatic hydroxyl groups is 1. The van der Waals surface area contributed by atoms with Gasteiger partial charge in [0.15, 0.2) is 0 Å². The average Bonchev–Trinajstić information content (AvgIpc) is 2.96. The van der Waals surface area contributed by atoms with Crippen molar-refractivity contribution in [1.29, 1.82) is 5.26 Å². The molecule has 1 fully saturated rings. The lowest BCUT2D eigenvalue weighted by molar-refractivity contribution is -0.126. The quantitative estimate of drug-likeness (QED) is 0.275. The van der Waals surface area contributed by atoms with Crippen molar-refractivity contribution < 1.29 is 14.3 Å². The fourth-order valence-corrected chi connectivity index (χ4v) is 6.03. The molecular formula is C33H30ClFN4O3. The molecule has 2 heterocycles. The second-order valence-electron chi connectivity index (χ2n) is 10.7. The van der Waals surface area contributed by atoms with Gasteiger partial charge in [-0.1, -0.05) is 50.2 Å². The van der Waals surface area contributed by atoms with Crippen LogP contribution in [0.25, 0.3) is 27.7 Å². The molecule has 9 heteroatoms. The number of rotatable bonds is 5. The van der Waals surface area contributed by atoms with E-state index in [0.29, 0.717) is 53.0 Å². The average molecular weight is 585 g/mol. The molecule has 0 saturated carbocycles. The summed E-state index contributed by atoms with van der Waals surface area (Å²) in [6.45, 7) is 10.7. The maximum Gasteiger partial charge on any atom is 0.275 e. The van der Waals surface area contributed by atoms with Crippen molar-refractivity contribution in [2.75, 3.05) is 24.5 Å². The topological polar surface area (TPSA) is 89.6 Å². The number of phenols is 1. The molecule has 1 saturated heterocycles. The number of hydrogen-bond acceptors (Lipinski definition) is 5. The molecule has 1 aliphatic rings. The van der Waals surface area contributed by atoms with Crippen LogP contribution in [0.15, 0.2) is 72.0 Å². The first-order chi connectivity index (χ1) is 20.1. The molecule has 214 valence electrons. The van der Waals surface area contributed by atoms with Crippen molar-refractivity contribution in [2.45, 2.75) is 32.7 Å². The third-order valence-electron chi connectivity index (χ3n) is 7.80. The van der Waals surface area contributed by atoms with E-state index in [-0.39, 0.29) is 34.2 Å². The van der Waals surface area contributed by atoms with E-state index < -0.39 is 11.4 Å². The third kappa shape index (κ3) is 4.90. The Balaban J connectivity index is 1.87. The lowest BCUT2D eigenvalue weighted by Gasteiger charge is -2.41. The van der Waals surface area contributed by atoms with Gasteiger partial charge < -0.3 is 14.9 Å².